The first-order valence-electron chi connectivity index (χ1n) is 6.95. The summed E-state index contributed by atoms with van der Waals surface area (Å²) in [5, 5.41) is 6.42. The maximum Gasteiger partial charge on any atom is 0.134 e. The van der Waals surface area contributed by atoms with Gasteiger partial charge in [-0.3, -0.25) is 0 Å². The van der Waals surface area contributed by atoms with E-state index in [2.05, 4.69) is 41.4 Å². The van der Waals surface area contributed by atoms with Gasteiger partial charge in [-0.2, -0.15) is 0 Å². The smallest absolute Gasteiger partial charge is 0.134 e. The van der Waals surface area contributed by atoms with Crippen molar-refractivity contribution >= 4 is 11.6 Å². The van der Waals surface area contributed by atoms with Crippen molar-refractivity contribution in [3.05, 3.63) is 11.4 Å². The molecule has 5 nitrogen and oxygen atoms in total. The predicted molar refractivity (Wildman–Crippen MR) is 79.8 cm³/mol. The Morgan fingerprint density at radius 3 is 2.47 bits per heavy atom. The number of nitrogens with zero attached hydrogens (tertiary/aromatic N) is 2. The summed E-state index contributed by atoms with van der Waals surface area (Å²) in [4.78, 5) is 8.96. The van der Waals surface area contributed by atoms with Crippen LogP contribution in [0.25, 0.3) is 0 Å². The summed E-state index contributed by atoms with van der Waals surface area (Å²) in [5.41, 5.74) is 1.04. The Kier molecular flexibility index (Phi) is 6.56. The Morgan fingerprint density at radius 2 is 1.89 bits per heavy atom. The fraction of sp³-hybridized carbons (Fsp3) is 0.714. The molecule has 0 atom stereocenters. The summed E-state index contributed by atoms with van der Waals surface area (Å²) < 4.78 is 5.55. The number of aromatic nitrogens is 2. The minimum atomic E-state index is 0.573. The number of hydrogen-bond acceptors (Lipinski definition) is 5. The summed E-state index contributed by atoms with van der Waals surface area (Å²) in [6.07, 6.45) is 0.827. The van der Waals surface area contributed by atoms with Gasteiger partial charge in [-0.05, 0) is 12.8 Å². The second kappa shape index (κ2) is 7.94. The Balaban J connectivity index is 2.57. The van der Waals surface area contributed by atoms with E-state index in [0.29, 0.717) is 12.5 Å². The van der Waals surface area contributed by atoms with Gasteiger partial charge in [0.1, 0.15) is 17.5 Å². The third-order valence-electron chi connectivity index (χ3n) is 2.74. The Bertz CT molecular complexity index is 393. The van der Waals surface area contributed by atoms with E-state index in [1.165, 1.54) is 0 Å². The minimum Gasteiger partial charge on any atom is -0.379 e. The van der Waals surface area contributed by atoms with Crippen molar-refractivity contribution in [2.75, 3.05) is 37.4 Å². The van der Waals surface area contributed by atoms with E-state index in [0.717, 1.165) is 42.6 Å². The summed E-state index contributed by atoms with van der Waals surface area (Å²) in [7, 11) is 1.88. The van der Waals surface area contributed by atoms with Gasteiger partial charge in [-0.15, -0.1) is 0 Å². The summed E-state index contributed by atoms with van der Waals surface area (Å²) in [6.45, 7) is 10.6. The van der Waals surface area contributed by atoms with E-state index in [9.17, 15) is 0 Å². The van der Waals surface area contributed by atoms with Gasteiger partial charge in [0.2, 0.25) is 0 Å². The minimum absolute atomic E-state index is 0.573. The molecular weight excluding hydrogens is 240 g/mol. The third kappa shape index (κ3) is 5.03. The monoisotopic (exact) mass is 266 g/mol. The van der Waals surface area contributed by atoms with Crippen LogP contribution in [0.2, 0.25) is 0 Å². The number of anilines is 2. The maximum atomic E-state index is 5.55. The first kappa shape index (κ1) is 15.7. The van der Waals surface area contributed by atoms with Gasteiger partial charge in [-0.25, -0.2) is 9.97 Å². The van der Waals surface area contributed by atoms with Crippen molar-refractivity contribution in [3.8, 4) is 0 Å². The Hall–Kier alpha value is -1.36. The molecule has 0 radical (unpaired) electrons. The molecule has 0 unspecified atom stereocenters. The van der Waals surface area contributed by atoms with E-state index >= 15 is 0 Å². The van der Waals surface area contributed by atoms with Crippen molar-refractivity contribution in [1.29, 1.82) is 0 Å². The molecule has 2 N–H and O–H groups in total. The molecule has 0 saturated heterocycles. The lowest BCUT2D eigenvalue weighted by Gasteiger charge is -2.13. The molecule has 0 aliphatic carbocycles. The van der Waals surface area contributed by atoms with Crippen LogP contribution in [0.5, 0.6) is 0 Å². The molecule has 0 fully saturated rings. The standard InChI is InChI=1S/C14H26N4O/c1-6-12-17-13(15-5)11(4)14(18-12)16-7-8-19-9-10(2)3/h10H,6-9H2,1-5H3,(H2,15,16,17,18). The van der Waals surface area contributed by atoms with Crippen LogP contribution < -0.4 is 10.6 Å². The van der Waals surface area contributed by atoms with Crippen molar-refractivity contribution < 1.29 is 4.74 Å². The van der Waals surface area contributed by atoms with Gasteiger partial charge < -0.3 is 15.4 Å². The molecular formula is C14H26N4O. The highest BCUT2D eigenvalue weighted by Gasteiger charge is 2.08. The normalized spacial score (nSPS) is 10.8. The average molecular weight is 266 g/mol. The van der Waals surface area contributed by atoms with Crippen LogP contribution in [0.3, 0.4) is 0 Å². The number of hydrogen-bond donors (Lipinski definition) is 2. The predicted octanol–water partition coefficient (Wildman–Crippen LogP) is 2.47. The molecule has 0 aliphatic rings. The first-order valence-corrected chi connectivity index (χ1v) is 6.95. The second-order valence-corrected chi connectivity index (χ2v) is 4.96. The molecule has 1 heterocycles. The Morgan fingerprint density at radius 1 is 1.21 bits per heavy atom. The molecule has 1 rings (SSSR count). The molecule has 108 valence electrons. The zero-order chi connectivity index (χ0) is 14.3. The van der Waals surface area contributed by atoms with Crippen LogP contribution >= 0.6 is 0 Å². The highest BCUT2D eigenvalue weighted by atomic mass is 16.5. The molecule has 0 bridgehead atoms. The van der Waals surface area contributed by atoms with Gasteiger partial charge in [0, 0.05) is 32.2 Å². The number of ether oxygens (including phenoxy) is 1. The molecule has 0 saturated carbocycles. The number of nitrogens with one attached hydrogen (secondary N) is 2. The lowest BCUT2D eigenvalue weighted by atomic mass is 10.2. The summed E-state index contributed by atoms with van der Waals surface area (Å²) in [6, 6.07) is 0. The van der Waals surface area contributed by atoms with Crippen LogP contribution in [0.4, 0.5) is 11.6 Å². The van der Waals surface area contributed by atoms with Crippen molar-refractivity contribution in [2.45, 2.75) is 34.1 Å². The number of aryl methyl sites for hydroxylation is 1. The highest BCUT2D eigenvalue weighted by molar-refractivity contribution is 5.56. The van der Waals surface area contributed by atoms with Gasteiger partial charge in [0.05, 0.1) is 6.61 Å². The molecule has 1 aromatic heterocycles. The Labute approximate surface area is 116 Å². The fourth-order valence-corrected chi connectivity index (χ4v) is 1.70. The molecule has 0 amide bonds. The highest BCUT2D eigenvalue weighted by Crippen LogP contribution is 2.19. The lowest BCUT2D eigenvalue weighted by molar-refractivity contribution is 0.118. The van der Waals surface area contributed by atoms with Gasteiger partial charge in [0.25, 0.3) is 0 Å². The molecule has 5 heteroatoms. The summed E-state index contributed by atoms with van der Waals surface area (Å²) >= 11 is 0. The van der Waals surface area contributed by atoms with E-state index in [-0.39, 0.29) is 0 Å². The molecule has 19 heavy (non-hydrogen) atoms. The van der Waals surface area contributed by atoms with Gasteiger partial charge in [0.15, 0.2) is 0 Å². The van der Waals surface area contributed by atoms with Gasteiger partial charge in [-0.1, -0.05) is 20.8 Å². The molecule has 1 aromatic rings. The quantitative estimate of drug-likeness (QED) is 0.708. The summed E-state index contributed by atoms with van der Waals surface area (Å²) in [5.74, 6) is 3.20. The topological polar surface area (TPSA) is 59.1 Å². The molecule has 0 spiro atoms. The lowest BCUT2D eigenvalue weighted by Crippen LogP contribution is -2.15. The SMILES string of the molecule is CCc1nc(NC)c(C)c(NCCOCC(C)C)n1. The van der Waals surface area contributed by atoms with Crippen LogP contribution in [-0.2, 0) is 11.2 Å². The van der Waals surface area contributed by atoms with E-state index in [4.69, 9.17) is 4.74 Å². The van der Waals surface area contributed by atoms with Gasteiger partial charge >= 0.3 is 0 Å². The molecule has 0 aromatic carbocycles. The van der Waals surface area contributed by atoms with Crippen molar-refractivity contribution in [1.82, 2.24) is 9.97 Å². The fourth-order valence-electron chi connectivity index (χ4n) is 1.70. The van der Waals surface area contributed by atoms with E-state index in [1.807, 2.05) is 14.0 Å². The molecule has 0 aliphatic heterocycles. The second-order valence-electron chi connectivity index (χ2n) is 4.96. The zero-order valence-corrected chi connectivity index (χ0v) is 12.7. The maximum absolute atomic E-state index is 5.55. The average Bonchev–Trinajstić information content (AvgIpc) is 2.39. The van der Waals surface area contributed by atoms with Crippen LogP contribution in [0, 0.1) is 12.8 Å². The van der Waals surface area contributed by atoms with E-state index < -0.39 is 0 Å². The van der Waals surface area contributed by atoms with Crippen molar-refractivity contribution in [2.24, 2.45) is 5.92 Å². The number of rotatable bonds is 8. The van der Waals surface area contributed by atoms with Crippen molar-refractivity contribution in [3.63, 3.8) is 0 Å². The van der Waals surface area contributed by atoms with E-state index in [1.54, 1.807) is 0 Å². The van der Waals surface area contributed by atoms with Crippen LogP contribution in [-0.4, -0.2) is 36.8 Å². The zero-order valence-electron chi connectivity index (χ0n) is 12.7. The first-order chi connectivity index (χ1) is 9.08. The third-order valence-corrected chi connectivity index (χ3v) is 2.74. The van der Waals surface area contributed by atoms with Crippen LogP contribution in [0.15, 0.2) is 0 Å². The largest absolute Gasteiger partial charge is 0.379 e. The van der Waals surface area contributed by atoms with Crippen LogP contribution in [0.1, 0.15) is 32.2 Å².